The summed E-state index contributed by atoms with van der Waals surface area (Å²) in [6, 6.07) is 30.6. The monoisotopic (exact) mass is 492 g/mol. The van der Waals surface area contributed by atoms with Crippen molar-refractivity contribution in [2.75, 3.05) is 0 Å². The summed E-state index contributed by atoms with van der Waals surface area (Å²) in [5.74, 6) is 0.553. The minimum atomic E-state index is 0.553. The number of nitriles is 2. The Morgan fingerprint density at radius 1 is 0.763 bits per heavy atom. The van der Waals surface area contributed by atoms with Crippen LogP contribution in [0.25, 0.3) is 45.6 Å². The fourth-order valence-electron chi connectivity index (χ4n) is 4.25. The van der Waals surface area contributed by atoms with Crippen LogP contribution in [0.1, 0.15) is 28.1 Å². The van der Waals surface area contributed by atoms with Gasteiger partial charge in [-0.05, 0) is 36.8 Å². The Bertz CT molecular complexity index is 1930. The summed E-state index contributed by atoms with van der Waals surface area (Å²) in [5, 5.41) is 27.9. The van der Waals surface area contributed by atoms with Gasteiger partial charge in [-0.15, -0.1) is 0 Å². The molecule has 0 bridgehead atoms. The molecule has 38 heavy (non-hydrogen) atoms. The highest BCUT2D eigenvalue weighted by Crippen LogP contribution is 2.26. The molecule has 3 heterocycles. The Morgan fingerprint density at radius 2 is 1.32 bits per heavy atom. The second-order valence-corrected chi connectivity index (χ2v) is 8.91. The van der Waals surface area contributed by atoms with Crippen LogP contribution in [-0.2, 0) is 0 Å². The van der Waals surface area contributed by atoms with Gasteiger partial charge in [0.25, 0.3) is 0 Å². The molecule has 0 saturated carbocycles. The van der Waals surface area contributed by atoms with Gasteiger partial charge in [0.15, 0.2) is 17.1 Å². The fourth-order valence-corrected chi connectivity index (χ4v) is 4.25. The number of fused-ring (bicyclic) bond motifs is 3. The largest absolute Gasteiger partial charge is 0.398 e. The molecule has 6 aromatic rings. The van der Waals surface area contributed by atoms with Crippen molar-refractivity contribution in [1.29, 1.82) is 10.5 Å². The smallest absolute Gasteiger partial charge is 0.162 e. The normalized spacial score (nSPS) is 11.5. The first kappa shape index (κ1) is 22.7. The summed E-state index contributed by atoms with van der Waals surface area (Å²) in [6.07, 6.45) is 1.81. The molecule has 3 aromatic heterocycles. The van der Waals surface area contributed by atoms with Crippen LogP contribution in [0.2, 0.25) is 0 Å². The number of hydrogen-bond donors (Lipinski definition) is 1. The lowest BCUT2D eigenvalue weighted by Gasteiger charge is -2.05. The molecule has 0 saturated heterocycles. The molecule has 2 N–H and O–H groups in total. The molecule has 0 fully saturated rings. The number of nitrogens with zero attached hydrogens (tertiary/aromatic N) is 7. The van der Waals surface area contributed by atoms with E-state index in [1.165, 1.54) is 0 Å². The third kappa shape index (κ3) is 4.02. The minimum absolute atomic E-state index is 0.553. The zero-order valence-electron chi connectivity index (χ0n) is 20.4. The Balaban J connectivity index is 1.55. The van der Waals surface area contributed by atoms with Gasteiger partial charge in [-0.3, -0.25) is 0 Å². The van der Waals surface area contributed by atoms with Gasteiger partial charge in [-0.25, -0.2) is 4.98 Å². The number of rotatable bonds is 4. The van der Waals surface area contributed by atoms with Gasteiger partial charge in [0.1, 0.15) is 0 Å². The molecule has 3 aromatic carbocycles. The molecule has 0 aliphatic carbocycles. The first-order valence-electron chi connectivity index (χ1n) is 11.9. The molecule has 0 spiro atoms. The predicted octanol–water partition coefficient (Wildman–Crippen LogP) is 5.22. The fraction of sp³-hybridized carbons (Fsp3) is 0.0333. The van der Waals surface area contributed by atoms with Gasteiger partial charge in [0, 0.05) is 35.0 Å². The van der Waals surface area contributed by atoms with Crippen LogP contribution in [0.5, 0.6) is 0 Å². The van der Waals surface area contributed by atoms with E-state index >= 15 is 0 Å². The Labute approximate surface area is 218 Å². The molecule has 8 nitrogen and oxygen atoms in total. The number of aromatic nitrogens is 5. The van der Waals surface area contributed by atoms with Crippen molar-refractivity contribution in [2.45, 2.75) is 6.92 Å². The maximum Gasteiger partial charge on any atom is 0.162 e. The van der Waals surface area contributed by atoms with E-state index in [9.17, 15) is 0 Å². The molecule has 0 atom stereocenters. The predicted molar refractivity (Wildman–Crippen MR) is 145 cm³/mol. The highest BCUT2D eigenvalue weighted by Gasteiger charge is 2.16. The van der Waals surface area contributed by atoms with E-state index in [1.54, 1.807) is 33.3 Å². The van der Waals surface area contributed by atoms with Crippen molar-refractivity contribution in [3.8, 4) is 34.7 Å². The molecule has 0 aliphatic heterocycles. The van der Waals surface area contributed by atoms with Crippen LogP contribution >= 0.6 is 0 Å². The SMILES string of the molecule is Cc1ccc(C(N)=Cc2nc3cc(-c4ccc(C#N)cc4)nn3c3cc(-c4ccc(C#N)cc4)nn23)cc1. The van der Waals surface area contributed by atoms with Gasteiger partial charge in [0.05, 0.1) is 34.7 Å². The van der Waals surface area contributed by atoms with Gasteiger partial charge in [-0.2, -0.15) is 29.8 Å². The Morgan fingerprint density at radius 3 is 1.89 bits per heavy atom. The summed E-state index contributed by atoms with van der Waals surface area (Å²) >= 11 is 0. The van der Waals surface area contributed by atoms with Crippen molar-refractivity contribution in [1.82, 2.24) is 24.2 Å². The quantitative estimate of drug-likeness (QED) is 0.360. The minimum Gasteiger partial charge on any atom is -0.398 e. The van der Waals surface area contributed by atoms with Crippen LogP contribution < -0.4 is 5.73 Å². The average molecular weight is 493 g/mol. The molecular formula is C30H20N8. The highest BCUT2D eigenvalue weighted by atomic mass is 15.4. The van der Waals surface area contributed by atoms with Crippen molar-refractivity contribution < 1.29 is 0 Å². The molecule has 180 valence electrons. The first-order chi connectivity index (χ1) is 18.5. The maximum atomic E-state index is 9.16. The lowest BCUT2D eigenvalue weighted by Crippen LogP contribution is -2.06. The van der Waals surface area contributed by atoms with Crippen LogP contribution in [0.3, 0.4) is 0 Å². The summed E-state index contributed by atoms with van der Waals surface area (Å²) < 4.78 is 3.46. The van der Waals surface area contributed by atoms with E-state index in [0.717, 1.165) is 27.9 Å². The second kappa shape index (κ2) is 9.05. The Kier molecular flexibility index (Phi) is 5.41. The van der Waals surface area contributed by atoms with Gasteiger partial charge in [0.2, 0.25) is 0 Å². The van der Waals surface area contributed by atoms with Crippen LogP contribution in [0, 0.1) is 29.6 Å². The van der Waals surface area contributed by atoms with E-state index in [4.69, 9.17) is 31.4 Å². The molecule has 0 unspecified atom stereocenters. The molecule has 0 aliphatic rings. The summed E-state index contributed by atoms with van der Waals surface area (Å²) in [4.78, 5) is 4.85. The summed E-state index contributed by atoms with van der Waals surface area (Å²) in [7, 11) is 0. The number of hydrogen-bond acceptors (Lipinski definition) is 6. The maximum absolute atomic E-state index is 9.16. The van der Waals surface area contributed by atoms with Crippen LogP contribution in [-0.4, -0.2) is 24.2 Å². The summed E-state index contributed by atoms with van der Waals surface area (Å²) in [6.45, 7) is 2.03. The average Bonchev–Trinajstić information content (AvgIpc) is 3.59. The van der Waals surface area contributed by atoms with Gasteiger partial charge < -0.3 is 5.73 Å². The second-order valence-electron chi connectivity index (χ2n) is 8.91. The molecule has 8 heteroatoms. The number of nitrogens with two attached hydrogens (primary N) is 1. The van der Waals surface area contributed by atoms with E-state index in [0.29, 0.717) is 39.6 Å². The van der Waals surface area contributed by atoms with Crippen molar-refractivity contribution in [2.24, 2.45) is 5.73 Å². The van der Waals surface area contributed by atoms with Gasteiger partial charge >= 0.3 is 0 Å². The number of benzene rings is 3. The summed E-state index contributed by atoms with van der Waals surface area (Å²) in [5.41, 5.74) is 14.7. The lowest BCUT2D eigenvalue weighted by molar-refractivity contribution is 0.841. The zero-order valence-corrected chi connectivity index (χ0v) is 20.4. The highest BCUT2D eigenvalue weighted by molar-refractivity contribution is 5.79. The lowest BCUT2D eigenvalue weighted by atomic mass is 10.1. The van der Waals surface area contributed by atoms with Crippen molar-refractivity contribution >= 4 is 23.1 Å². The van der Waals surface area contributed by atoms with E-state index in [-0.39, 0.29) is 0 Å². The van der Waals surface area contributed by atoms with E-state index < -0.39 is 0 Å². The molecule has 6 rings (SSSR count). The van der Waals surface area contributed by atoms with E-state index in [1.807, 2.05) is 73.7 Å². The van der Waals surface area contributed by atoms with Crippen molar-refractivity contribution in [3.05, 3.63) is 113 Å². The van der Waals surface area contributed by atoms with Crippen LogP contribution in [0.15, 0.2) is 84.9 Å². The third-order valence-electron chi connectivity index (χ3n) is 6.33. The van der Waals surface area contributed by atoms with Crippen molar-refractivity contribution in [3.63, 3.8) is 0 Å². The Hall–Kier alpha value is -5.73. The van der Waals surface area contributed by atoms with Gasteiger partial charge in [-0.1, -0.05) is 54.1 Å². The molecule has 0 radical (unpaired) electrons. The molecule has 0 amide bonds. The third-order valence-corrected chi connectivity index (χ3v) is 6.33. The topological polar surface area (TPSA) is 121 Å². The molecular weight excluding hydrogens is 472 g/mol. The first-order valence-corrected chi connectivity index (χ1v) is 11.9. The standard InChI is InChI=1S/C30H20N8/c1-19-2-8-22(9-3-19)25(33)14-28-34-29-15-26(23-10-4-20(17-31)5-11-23)35-38(29)30-16-27(36-37(28)30)24-12-6-21(18-32)7-13-24/h2-16H,33H2,1H3. The number of aryl methyl sites for hydroxylation is 1. The van der Waals surface area contributed by atoms with Crippen LogP contribution in [0.4, 0.5) is 0 Å². The zero-order chi connectivity index (χ0) is 26.2. The van der Waals surface area contributed by atoms with E-state index in [2.05, 4.69) is 12.1 Å².